The van der Waals surface area contributed by atoms with Gasteiger partial charge in [-0.3, -0.25) is 0 Å². The van der Waals surface area contributed by atoms with Crippen LogP contribution in [-0.2, 0) is 10.0 Å². The van der Waals surface area contributed by atoms with Crippen molar-refractivity contribution in [2.24, 2.45) is 5.10 Å². The first-order chi connectivity index (χ1) is 9.88. The highest BCUT2D eigenvalue weighted by atomic mass is 35.5. The molecule has 2 aromatic rings. The van der Waals surface area contributed by atoms with Gasteiger partial charge in [-0.25, -0.2) is 4.83 Å². The molecule has 21 heavy (non-hydrogen) atoms. The number of benzene rings is 2. The third kappa shape index (κ3) is 4.20. The lowest BCUT2D eigenvalue weighted by Crippen LogP contribution is -2.18. The van der Waals surface area contributed by atoms with Gasteiger partial charge in [-0.2, -0.15) is 13.5 Å². The third-order valence-electron chi connectivity index (χ3n) is 2.66. The van der Waals surface area contributed by atoms with Gasteiger partial charge < -0.3 is 0 Å². The molecule has 2 rings (SSSR count). The lowest BCUT2D eigenvalue weighted by Gasteiger charge is -2.03. The maximum Gasteiger partial charge on any atom is 0.276 e. The second-order valence-electron chi connectivity index (χ2n) is 4.34. The molecule has 0 aliphatic carbocycles. The molecule has 0 saturated heterocycles. The topological polar surface area (TPSA) is 58.5 Å². The van der Waals surface area contributed by atoms with Crippen LogP contribution < -0.4 is 4.83 Å². The van der Waals surface area contributed by atoms with Crippen LogP contribution in [0.2, 0.25) is 10.0 Å². The number of rotatable bonds is 4. The first-order valence-electron chi connectivity index (χ1n) is 5.95. The van der Waals surface area contributed by atoms with Crippen LogP contribution in [0.5, 0.6) is 0 Å². The number of hydrogen-bond acceptors (Lipinski definition) is 3. The highest BCUT2D eigenvalue weighted by Crippen LogP contribution is 2.21. The summed E-state index contributed by atoms with van der Waals surface area (Å²) in [6.45, 7) is 1.88. The summed E-state index contributed by atoms with van der Waals surface area (Å²) < 4.78 is 24.0. The van der Waals surface area contributed by atoms with E-state index in [0.29, 0.717) is 15.6 Å². The Morgan fingerprint density at radius 2 is 1.71 bits per heavy atom. The second kappa shape index (κ2) is 6.47. The summed E-state index contributed by atoms with van der Waals surface area (Å²) in [5.74, 6) is 0. The molecule has 2 aromatic carbocycles. The van der Waals surface area contributed by atoms with Crippen LogP contribution in [0.25, 0.3) is 0 Å². The summed E-state index contributed by atoms with van der Waals surface area (Å²) >= 11 is 11.7. The molecule has 1 N–H and O–H groups in total. The van der Waals surface area contributed by atoms with Gasteiger partial charge in [0.2, 0.25) is 0 Å². The highest BCUT2D eigenvalue weighted by Gasteiger charge is 2.11. The SMILES string of the molecule is Cc1ccc(S(=O)(=O)N/N=C\c2ccc(Cl)c(Cl)c2)cc1. The monoisotopic (exact) mass is 342 g/mol. The number of sulfonamides is 1. The van der Waals surface area contributed by atoms with Crippen molar-refractivity contribution in [3.63, 3.8) is 0 Å². The van der Waals surface area contributed by atoms with E-state index >= 15 is 0 Å². The molecule has 0 atom stereocenters. The lowest BCUT2D eigenvalue weighted by molar-refractivity contribution is 0.584. The van der Waals surface area contributed by atoms with Gasteiger partial charge in [-0.1, -0.05) is 47.0 Å². The largest absolute Gasteiger partial charge is 0.276 e. The van der Waals surface area contributed by atoms with Crippen molar-refractivity contribution in [1.29, 1.82) is 0 Å². The molecule has 4 nitrogen and oxygen atoms in total. The van der Waals surface area contributed by atoms with Crippen LogP contribution in [0.1, 0.15) is 11.1 Å². The fourth-order valence-electron chi connectivity index (χ4n) is 1.53. The van der Waals surface area contributed by atoms with Crippen molar-refractivity contribution >= 4 is 39.4 Å². The first kappa shape index (κ1) is 15.8. The molecule has 0 aromatic heterocycles. The minimum Gasteiger partial charge on any atom is -0.200 e. The Morgan fingerprint density at radius 3 is 2.33 bits per heavy atom. The van der Waals surface area contributed by atoms with E-state index in [1.807, 2.05) is 6.92 Å². The number of hydrazone groups is 1. The van der Waals surface area contributed by atoms with Crippen molar-refractivity contribution in [3.05, 3.63) is 63.6 Å². The fourth-order valence-corrected chi connectivity index (χ4v) is 2.63. The molecule has 7 heteroatoms. The fraction of sp³-hybridized carbons (Fsp3) is 0.0714. The summed E-state index contributed by atoms with van der Waals surface area (Å²) in [7, 11) is -3.67. The number of hydrogen-bond donors (Lipinski definition) is 1. The highest BCUT2D eigenvalue weighted by molar-refractivity contribution is 7.89. The molecule has 0 fully saturated rings. The molecule has 0 saturated carbocycles. The normalized spacial score (nSPS) is 11.8. The zero-order valence-electron chi connectivity index (χ0n) is 11.0. The van der Waals surface area contributed by atoms with Gasteiger partial charge in [0.05, 0.1) is 21.2 Å². The van der Waals surface area contributed by atoms with E-state index in [-0.39, 0.29) is 4.90 Å². The van der Waals surface area contributed by atoms with E-state index in [4.69, 9.17) is 23.2 Å². The van der Waals surface area contributed by atoms with E-state index in [0.717, 1.165) is 5.56 Å². The van der Waals surface area contributed by atoms with Crippen LogP contribution in [0.3, 0.4) is 0 Å². The second-order valence-corrected chi connectivity index (χ2v) is 6.81. The minimum absolute atomic E-state index is 0.152. The van der Waals surface area contributed by atoms with Crippen LogP contribution in [0.15, 0.2) is 52.5 Å². The molecule has 0 aliphatic heterocycles. The number of nitrogens with zero attached hydrogens (tertiary/aromatic N) is 1. The standard InChI is InChI=1S/C14H12Cl2N2O2S/c1-10-2-5-12(6-3-10)21(19,20)18-17-9-11-4-7-13(15)14(16)8-11/h2-9,18H,1H3/b17-9-. The molecular formula is C14H12Cl2N2O2S. The summed E-state index contributed by atoms with van der Waals surface area (Å²) in [6, 6.07) is 11.4. The molecule has 0 spiro atoms. The minimum atomic E-state index is -3.67. The quantitative estimate of drug-likeness (QED) is 0.681. The molecule has 0 radical (unpaired) electrons. The molecule has 0 bridgehead atoms. The Balaban J connectivity index is 2.12. The Bertz CT molecular complexity index is 772. The van der Waals surface area contributed by atoms with Gasteiger partial charge in [0.25, 0.3) is 10.0 Å². The predicted octanol–water partition coefficient (Wildman–Crippen LogP) is 3.61. The van der Waals surface area contributed by atoms with Crippen LogP contribution in [0, 0.1) is 6.92 Å². The van der Waals surface area contributed by atoms with Crippen molar-refractivity contribution in [1.82, 2.24) is 4.83 Å². The Labute approximate surface area is 133 Å². The maximum absolute atomic E-state index is 12.0. The third-order valence-corrected chi connectivity index (χ3v) is 4.64. The molecule has 110 valence electrons. The zero-order valence-corrected chi connectivity index (χ0v) is 13.4. The van der Waals surface area contributed by atoms with Gasteiger partial charge >= 0.3 is 0 Å². The average Bonchev–Trinajstić information content (AvgIpc) is 2.43. The predicted molar refractivity (Wildman–Crippen MR) is 85.6 cm³/mol. The average molecular weight is 343 g/mol. The van der Waals surface area contributed by atoms with Gasteiger partial charge in [-0.05, 0) is 36.8 Å². The summed E-state index contributed by atoms with van der Waals surface area (Å²) in [6.07, 6.45) is 1.36. The van der Waals surface area contributed by atoms with E-state index < -0.39 is 10.0 Å². The molecule has 0 heterocycles. The molecular weight excluding hydrogens is 331 g/mol. The molecule has 0 unspecified atom stereocenters. The number of nitrogens with one attached hydrogen (secondary N) is 1. The smallest absolute Gasteiger partial charge is 0.200 e. The van der Waals surface area contributed by atoms with Gasteiger partial charge in [0.1, 0.15) is 0 Å². The summed E-state index contributed by atoms with van der Waals surface area (Å²) in [4.78, 5) is 2.30. The first-order valence-corrected chi connectivity index (χ1v) is 8.19. The number of halogens is 2. The lowest BCUT2D eigenvalue weighted by atomic mass is 10.2. The maximum atomic E-state index is 12.0. The Morgan fingerprint density at radius 1 is 1.05 bits per heavy atom. The van der Waals surface area contributed by atoms with Crippen molar-refractivity contribution in [2.45, 2.75) is 11.8 Å². The van der Waals surface area contributed by atoms with Gasteiger partial charge in [0.15, 0.2) is 0 Å². The van der Waals surface area contributed by atoms with E-state index in [9.17, 15) is 8.42 Å². The molecule has 0 aliphatic rings. The summed E-state index contributed by atoms with van der Waals surface area (Å²) in [5, 5.41) is 4.52. The van der Waals surface area contributed by atoms with Crippen LogP contribution >= 0.6 is 23.2 Å². The summed E-state index contributed by atoms with van der Waals surface area (Å²) in [5.41, 5.74) is 1.62. The van der Waals surface area contributed by atoms with Crippen molar-refractivity contribution < 1.29 is 8.42 Å². The van der Waals surface area contributed by atoms with Crippen LogP contribution in [0.4, 0.5) is 0 Å². The zero-order chi connectivity index (χ0) is 15.5. The Hall–Kier alpha value is -1.56. The van der Waals surface area contributed by atoms with E-state index in [1.165, 1.54) is 18.3 Å². The van der Waals surface area contributed by atoms with Gasteiger partial charge in [0, 0.05) is 0 Å². The van der Waals surface area contributed by atoms with E-state index in [1.54, 1.807) is 30.3 Å². The van der Waals surface area contributed by atoms with Crippen molar-refractivity contribution in [3.8, 4) is 0 Å². The van der Waals surface area contributed by atoms with Crippen molar-refractivity contribution in [2.75, 3.05) is 0 Å². The Kier molecular flexibility index (Phi) is 4.88. The van der Waals surface area contributed by atoms with Crippen LogP contribution in [-0.4, -0.2) is 14.6 Å². The van der Waals surface area contributed by atoms with Gasteiger partial charge in [-0.15, -0.1) is 0 Å². The van der Waals surface area contributed by atoms with E-state index in [2.05, 4.69) is 9.93 Å². The molecule has 0 amide bonds. The number of aryl methyl sites for hydroxylation is 1.